The molecule has 13 heteroatoms. The molecule has 0 bridgehead atoms. The molecule has 3 rings (SSSR count). The predicted molar refractivity (Wildman–Crippen MR) is 122 cm³/mol. The number of carbonyl (C=O) groups is 2. The monoisotopic (exact) mass is 501 g/mol. The van der Waals surface area contributed by atoms with Gasteiger partial charge in [-0.25, -0.2) is 9.59 Å². The number of hydrogen-bond acceptors (Lipinski definition) is 12. The molecule has 2 aromatic rings. The first-order chi connectivity index (χ1) is 14.9. The van der Waals surface area contributed by atoms with Gasteiger partial charge in [0.15, 0.2) is 9.78 Å². The lowest BCUT2D eigenvalue weighted by Gasteiger charge is -2.22. The van der Waals surface area contributed by atoms with Crippen molar-refractivity contribution in [3.63, 3.8) is 0 Å². The van der Waals surface area contributed by atoms with Crippen LogP contribution in [0, 0.1) is 5.92 Å². The molecular formula is C18H23N5O4S4. The predicted octanol–water partition coefficient (Wildman–Crippen LogP) is 3.36. The largest absolute Gasteiger partial charge is 0.473 e. The van der Waals surface area contributed by atoms with Crippen LogP contribution in [0.15, 0.2) is 21.0 Å². The molecular weight excluding hydrogens is 478 g/mol. The Hall–Kier alpha value is -1.54. The summed E-state index contributed by atoms with van der Waals surface area (Å²) in [7, 11) is 2.11. The molecule has 3 heterocycles. The van der Waals surface area contributed by atoms with Crippen LogP contribution in [0.5, 0.6) is 0 Å². The van der Waals surface area contributed by atoms with Gasteiger partial charge in [-0.3, -0.25) is 0 Å². The average Bonchev–Trinajstić information content (AvgIpc) is 3.42. The van der Waals surface area contributed by atoms with E-state index in [9.17, 15) is 9.59 Å². The van der Waals surface area contributed by atoms with Gasteiger partial charge >= 0.3 is 11.9 Å². The van der Waals surface area contributed by atoms with Crippen LogP contribution in [0.25, 0.3) is 5.57 Å². The summed E-state index contributed by atoms with van der Waals surface area (Å²) in [4.78, 5) is 24.8. The summed E-state index contributed by atoms with van der Waals surface area (Å²) in [6.07, 6.45) is 4.89. The van der Waals surface area contributed by atoms with Gasteiger partial charge in [0, 0.05) is 19.0 Å². The van der Waals surface area contributed by atoms with Gasteiger partial charge in [0.1, 0.15) is 16.2 Å². The van der Waals surface area contributed by atoms with E-state index in [1.807, 2.05) is 6.92 Å². The number of ether oxygens (including phenoxy) is 1. The van der Waals surface area contributed by atoms with Crippen LogP contribution in [0.4, 0.5) is 0 Å². The zero-order valence-electron chi connectivity index (χ0n) is 17.1. The van der Waals surface area contributed by atoms with Crippen LogP contribution in [0.2, 0.25) is 0 Å². The molecule has 0 radical (unpaired) electrons. The van der Waals surface area contributed by atoms with E-state index in [1.165, 1.54) is 40.4 Å². The minimum absolute atomic E-state index is 0.0551. The molecule has 0 fully saturated rings. The second kappa shape index (κ2) is 11.9. The number of aromatic nitrogens is 4. The first-order valence-electron chi connectivity index (χ1n) is 9.64. The molecule has 31 heavy (non-hydrogen) atoms. The van der Waals surface area contributed by atoms with Crippen molar-refractivity contribution in [1.29, 1.82) is 0 Å². The van der Waals surface area contributed by atoms with Crippen molar-refractivity contribution in [3.05, 3.63) is 17.3 Å². The molecule has 0 aromatic carbocycles. The van der Waals surface area contributed by atoms with Gasteiger partial charge in [0.05, 0.1) is 11.7 Å². The van der Waals surface area contributed by atoms with Crippen molar-refractivity contribution in [1.82, 2.24) is 23.8 Å². The number of esters is 1. The molecule has 2 atom stereocenters. The summed E-state index contributed by atoms with van der Waals surface area (Å²) in [5.74, 6) is -2.07. The van der Waals surface area contributed by atoms with E-state index in [4.69, 9.17) is 9.84 Å². The minimum Gasteiger partial charge on any atom is -0.473 e. The highest BCUT2D eigenvalue weighted by molar-refractivity contribution is 8.01. The maximum absolute atomic E-state index is 11.6. The lowest BCUT2D eigenvalue weighted by Crippen LogP contribution is -2.27. The molecule has 1 N–H and O–H groups in total. The van der Waals surface area contributed by atoms with E-state index < -0.39 is 17.4 Å². The Morgan fingerprint density at radius 2 is 2.23 bits per heavy atom. The number of nitrogens with zero attached hydrogens (tertiary/aromatic N) is 5. The number of hydrogen-bond donors (Lipinski definition) is 1. The number of aliphatic carboxylic acids is 1. The van der Waals surface area contributed by atoms with Gasteiger partial charge in [-0.2, -0.15) is 8.75 Å². The molecule has 168 valence electrons. The van der Waals surface area contributed by atoms with E-state index in [1.54, 1.807) is 17.3 Å². The summed E-state index contributed by atoms with van der Waals surface area (Å²) < 4.78 is 14.8. The first kappa shape index (κ1) is 24.1. The van der Waals surface area contributed by atoms with Crippen molar-refractivity contribution >= 4 is 64.1 Å². The zero-order chi connectivity index (χ0) is 22.2. The Morgan fingerprint density at radius 3 is 2.94 bits per heavy atom. The number of likely N-dealkylation sites (N-methyl/N-ethyl adjacent to an activating group) is 1. The van der Waals surface area contributed by atoms with Gasteiger partial charge < -0.3 is 14.7 Å². The summed E-state index contributed by atoms with van der Waals surface area (Å²) >= 11 is 5.46. The Bertz CT molecular complexity index is 905. The van der Waals surface area contributed by atoms with E-state index >= 15 is 0 Å². The fourth-order valence-electron chi connectivity index (χ4n) is 2.97. The molecule has 0 spiro atoms. The molecule has 0 saturated heterocycles. The van der Waals surface area contributed by atoms with Crippen LogP contribution < -0.4 is 0 Å². The summed E-state index contributed by atoms with van der Waals surface area (Å²) in [6, 6.07) is 0. The Morgan fingerprint density at radius 1 is 1.39 bits per heavy atom. The second-order valence-electron chi connectivity index (χ2n) is 7.04. The van der Waals surface area contributed by atoms with E-state index in [-0.39, 0.29) is 5.92 Å². The highest BCUT2D eigenvalue weighted by atomic mass is 32.2. The molecule has 2 aromatic heterocycles. The van der Waals surface area contributed by atoms with Crippen LogP contribution >= 0.6 is 46.6 Å². The molecule has 1 aliphatic rings. The molecule has 0 aliphatic carbocycles. The van der Waals surface area contributed by atoms with Crippen LogP contribution in [-0.4, -0.2) is 72.2 Å². The SMILES string of the molecule is CC(CCCSc1nsnc1C1=CCCN(C)C1)C(OC(=O)C(=O)O)Sc1nncs1. The number of carboxylic acids is 1. The Labute approximate surface area is 197 Å². The van der Waals surface area contributed by atoms with Gasteiger partial charge in [0.25, 0.3) is 0 Å². The van der Waals surface area contributed by atoms with E-state index in [2.05, 4.69) is 37.0 Å². The van der Waals surface area contributed by atoms with Crippen LogP contribution in [0.3, 0.4) is 0 Å². The zero-order valence-corrected chi connectivity index (χ0v) is 20.4. The molecule has 0 saturated carbocycles. The number of carboxylic acid groups (broad SMARTS) is 1. The van der Waals surface area contributed by atoms with Crippen molar-refractivity contribution < 1.29 is 19.4 Å². The molecule has 2 unspecified atom stereocenters. The maximum atomic E-state index is 11.6. The summed E-state index contributed by atoms with van der Waals surface area (Å²) in [5.41, 5.74) is 3.15. The van der Waals surface area contributed by atoms with Crippen molar-refractivity contribution in [2.75, 3.05) is 25.9 Å². The van der Waals surface area contributed by atoms with Gasteiger partial charge in [-0.1, -0.05) is 24.3 Å². The number of rotatable bonds is 10. The fourth-order valence-corrected chi connectivity index (χ4v) is 6.36. The standard InChI is InChI=1S/C18H23N5O4S4/c1-11(17(27-16(26)15(24)25)30-18-20-19-10-29-18)5-4-8-28-14-13(21-31-22-14)12-6-3-7-23(2)9-12/h6,10-11,17H,3-5,7-9H2,1-2H3,(H,24,25). The maximum Gasteiger partial charge on any atom is 0.418 e. The Balaban J connectivity index is 1.51. The van der Waals surface area contributed by atoms with Gasteiger partial charge in [-0.15, -0.1) is 22.0 Å². The highest BCUT2D eigenvalue weighted by Gasteiger charge is 2.27. The number of thioether (sulfide) groups is 2. The minimum atomic E-state index is -1.60. The normalized spacial score (nSPS) is 16.5. The van der Waals surface area contributed by atoms with E-state index in [0.29, 0.717) is 4.34 Å². The first-order valence-corrected chi connectivity index (χ1v) is 13.1. The quantitative estimate of drug-likeness (QED) is 0.170. The second-order valence-corrected chi connectivity index (χ2v) is 10.8. The average molecular weight is 502 g/mol. The third-order valence-corrected chi connectivity index (χ3v) is 8.40. The molecule has 9 nitrogen and oxygen atoms in total. The topological polar surface area (TPSA) is 118 Å². The lowest BCUT2D eigenvalue weighted by molar-refractivity contribution is -0.165. The summed E-state index contributed by atoms with van der Waals surface area (Å²) in [6.45, 7) is 3.89. The Kier molecular flexibility index (Phi) is 9.26. The smallest absolute Gasteiger partial charge is 0.418 e. The van der Waals surface area contributed by atoms with Crippen LogP contribution in [-0.2, 0) is 14.3 Å². The highest BCUT2D eigenvalue weighted by Crippen LogP contribution is 2.33. The van der Waals surface area contributed by atoms with Gasteiger partial charge in [0.2, 0.25) is 0 Å². The third-order valence-electron chi connectivity index (χ3n) is 4.57. The third kappa shape index (κ3) is 7.24. The number of carbonyl (C=O) groups excluding carboxylic acids is 1. The van der Waals surface area contributed by atoms with Crippen molar-refractivity contribution in [2.24, 2.45) is 5.92 Å². The molecule has 0 amide bonds. The van der Waals surface area contributed by atoms with E-state index in [0.717, 1.165) is 48.8 Å². The van der Waals surface area contributed by atoms with Crippen molar-refractivity contribution in [3.8, 4) is 0 Å². The van der Waals surface area contributed by atoms with Crippen molar-refractivity contribution in [2.45, 2.75) is 41.0 Å². The fraction of sp³-hybridized carbons (Fsp3) is 0.556. The summed E-state index contributed by atoms with van der Waals surface area (Å²) in [5, 5.41) is 17.5. The molecule has 1 aliphatic heterocycles. The van der Waals surface area contributed by atoms with Gasteiger partial charge in [-0.05, 0) is 49.4 Å². The lowest BCUT2D eigenvalue weighted by atomic mass is 10.1. The van der Waals surface area contributed by atoms with Crippen LogP contribution in [0.1, 0.15) is 31.9 Å².